The van der Waals surface area contributed by atoms with Gasteiger partial charge in [0, 0.05) is 11.9 Å². The summed E-state index contributed by atoms with van der Waals surface area (Å²) in [5.41, 5.74) is 6.84. The first-order chi connectivity index (χ1) is 10.4. The quantitative estimate of drug-likeness (QED) is 0.918. The zero-order chi connectivity index (χ0) is 15.9. The van der Waals surface area contributed by atoms with Gasteiger partial charge in [-0.1, -0.05) is 29.8 Å². The number of guanidine groups is 1. The van der Waals surface area contributed by atoms with Crippen LogP contribution < -0.4 is 5.73 Å². The first-order valence-corrected chi connectivity index (χ1v) is 8.05. The number of hydrogen-bond acceptors (Lipinski definition) is 5. The fourth-order valence-electron chi connectivity index (χ4n) is 2.50. The maximum atomic E-state index is 12.5. The summed E-state index contributed by atoms with van der Waals surface area (Å²) in [6.07, 6.45) is 0. The number of ketones is 1. The first kappa shape index (κ1) is 15.1. The van der Waals surface area contributed by atoms with E-state index in [1.807, 2.05) is 43.3 Å². The molecule has 1 aliphatic heterocycles. The molecule has 4 nitrogen and oxygen atoms in total. The Morgan fingerprint density at radius 2 is 2.14 bits per heavy atom. The fourth-order valence-corrected chi connectivity index (χ4v) is 3.54. The Hall–Kier alpha value is -1.85. The van der Waals surface area contributed by atoms with Gasteiger partial charge in [-0.25, -0.2) is 4.99 Å². The number of Topliss-reactive ketones (excluding diaryl/α,β-unsaturated/α-hetero) is 1. The van der Waals surface area contributed by atoms with Gasteiger partial charge in [0.05, 0.1) is 10.9 Å². The summed E-state index contributed by atoms with van der Waals surface area (Å²) in [5, 5.41) is 0. The molecule has 1 atom stereocenters. The lowest BCUT2D eigenvalue weighted by Crippen LogP contribution is -2.50. The van der Waals surface area contributed by atoms with E-state index in [0.717, 1.165) is 20.3 Å². The molecule has 0 aliphatic carbocycles. The van der Waals surface area contributed by atoms with Crippen molar-refractivity contribution in [2.45, 2.75) is 12.5 Å². The van der Waals surface area contributed by atoms with Crippen LogP contribution in [0.2, 0.25) is 4.34 Å². The highest BCUT2D eigenvalue weighted by atomic mass is 35.5. The summed E-state index contributed by atoms with van der Waals surface area (Å²) in [7, 11) is 1.76. The van der Waals surface area contributed by atoms with Crippen LogP contribution in [0.4, 0.5) is 0 Å². The molecular formula is C16H16ClN3OS. The number of nitrogens with zero attached hydrogens (tertiary/aromatic N) is 2. The van der Waals surface area contributed by atoms with Crippen molar-refractivity contribution in [2.24, 2.45) is 10.7 Å². The van der Waals surface area contributed by atoms with Gasteiger partial charge >= 0.3 is 0 Å². The van der Waals surface area contributed by atoms with Crippen molar-refractivity contribution >= 4 is 34.7 Å². The minimum absolute atomic E-state index is 0.0329. The molecule has 3 rings (SSSR count). The van der Waals surface area contributed by atoms with Gasteiger partial charge in [-0.15, -0.1) is 11.3 Å². The van der Waals surface area contributed by atoms with Gasteiger partial charge in [-0.3, -0.25) is 4.79 Å². The molecule has 1 aromatic carbocycles. The van der Waals surface area contributed by atoms with Crippen LogP contribution in [0.5, 0.6) is 0 Å². The van der Waals surface area contributed by atoms with Crippen molar-refractivity contribution in [3.63, 3.8) is 0 Å². The predicted molar refractivity (Wildman–Crippen MR) is 91.4 cm³/mol. The number of halogens is 1. The van der Waals surface area contributed by atoms with Crippen molar-refractivity contribution in [1.29, 1.82) is 0 Å². The van der Waals surface area contributed by atoms with Crippen molar-refractivity contribution in [1.82, 2.24) is 4.90 Å². The molecule has 0 saturated heterocycles. The van der Waals surface area contributed by atoms with E-state index in [0.29, 0.717) is 5.96 Å². The van der Waals surface area contributed by atoms with Crippen LogP contribution in [0.25, 0.3) is 10.4 Å². The van der Waals surface area contributed by atoms with Crippen LogP contribution >= 0.6 is 22.9 Å². The van der Waals surface area contributed by atoms with Crippen molar-refractivity contribution in [3.05, 3.63) is 46.3 Å². The monoisotopic (exact) mass is 333 g/mol. The van der Waals surface area contributed by atoms with Crippen LogP contribution in [-0.4, -0.2) is 30.2 Å². The van der Waals surface area contributed by atoms with Gasteiger partial charge in [-0.2, -0.15) is 0 Å². The number of benzene rings is 1. The molecule has 2 aromatic rings. The van der Waals surface area contributed by atoms with E-state index in [-0.39, 0.29) is 12.3 Å². The lowest BCUT2D eigenvalue weighted by Gasteiger charge is -2.33. The lowest BCUT2D eigenvalue weighted by molar-refractivity contribution is -0.124. The molecule has 22 heavy (non-hydrogen) atoms. The standard InChI is InChI=1S/C16H16ClN3OS/c1-16(13(21)9-20(2)15(18)19-16)11-5-3-4-10(8-11)12-6-7-14(17)22-12/h3-8H,9H2,1-2H3,(H2,18,19). The third-order valence-corrected chi connectivity index (χ3v) is 5.22. The highest BCUT2D eigenvalue weighted by Crippen LogP contribution is 2.35. The van der Waals surface area contributed by atoms with Gasteiger partial charge in [-0.05, 0) is 36.2 Å². The number of carbonyl (C=O) groups excluding carboxylic acids is 1. The van der Waals surface area contributed by atoms with E-state index in [9.17, 15) is 4.79 Å². The van der Waals surface area contributed by atoms with Crippen LogP contribution in [0.3, 0.4) is 0 Å². The second-order valence-corrected chi connectivity index (χ2v) is 7.22. The van der Waals surface area contributed by atoms with E-state index >= 15 is 0 Å². The van der Waals surface area contributed by atoms with Crippen LogP contribution in [0, 0.1) is 0 Å². The number of rotatable bonds is 2. The average molecular weight is 334 g/mol. The van der Waals surface area contributed by atoms with E-state index in [1.165, 1.54) is 11.3 Å². The Morgan fingerprint density at radius 1 is 1.36 bits per heavy atom. The van der Waals surface area contributed by atoms with E-state index in [1.54, 1.807) is 11.9 Å². The molecule has 0 saturated carbocycles. The topological polar surface area (TPSA) is 58.7 Å². The molecule has 0 bridgehead atoms. The molecule has 0 fully saturated rings. The summed E-state index contributed by atoms with van der Waals surface area (Å²) in [4.78, 5) is 19.7. The molecular weight excluding hydrogens is 318 g/mol. The summed E-state index contributed by atoms with van der Waals surface area (Å²) in [5.74, 6) is 0.414. The maximum Gasteiger partial charge on any atom is 0.192 e. The van der Waals surface area contributed by atoms with E-state index in [4.69, 9.17) is 17.3 Å². The minimum atomic E-state index is -0.937. The molecule has 0 spiro atoms. The van der Waals surface area contributed by atoms with Crippen LogP contribution in [-0.2, 0) is 10.3 Å². The molecule has 1 aliphatic rings. The molecule has 0 radical (unpaired) electrons. The number of carbonyl (C=O) groups is 1. The summed E-state index contributed by atoms with van der Waals surface area (Å²) in [6.45, 7) is 2.08. The normalized spacial score (nSPS) is 21.9. The van der Waals surface area contributed by atoms with Gasteiger partial charge in [0.2, 0.25) is 0 Å². The van der Waals surface area contributed by atoms with E-state index < -0.39 is 5.54 Å². The highest BCUT2D eigenvalue weighted by molar-refractivity contribution is 7.19. The Morgan fingerprint density at radius 3 is 2.82 bits per heavy atom. The third-order valence-electron chi connectivity index (χ3n) is 3.94. The Kier molecular flexibility index (Phi) is 3.70. The number of likely N-dealkylation sites (N-methyl/N-ethyl adjacent to an activating group) is 1. The number of thiophene rings is 1. The fraction of sp³-hybridized carbons (Fsp3) is 0.250. The minimum Gasteiger partial charge on any atom is -0.370 e. The summed E-state index contributed by atoms with van der Waals surface area (Å²) in [6, 6.07) is 11.7. The maximum absolute atomic E-state index is 12.5. The summed E-state index contributed by atoms with van der Waals surface area (Å²) >= 11 is 7.51. The van der Waals surface area contributed by atoms with Crippen molar-refractivity contribution < 1.29 is 4.79 Å². The van der Waals surface area contributed by atoms with Crippen LogP contribution in [0.15, 0.2) is 41.4 Å². The first-order valence-electron chi connectivity index (χ1n) is 6.86. The van der Waals surface area contributed by atoms with Crippen molar-refractivity contribution in [2.75, 3.05) is 13.6 Å². The molecule has 114 valence electrons. The van der Waals surface area contributed by atoms with E-state index in [2.05, 4.69) is 4.99 Å². The van der Waals surface area contributed by atoms with Gasteiger partial charge in [0.1, 0.15) is 5.54 Å². The zero-order valence-corrected chi connectivity index (χ0v) is 13.9. The Bertz CT molecular complexity index is 770. The molecule has 2 N–H and O–H groups in total. The Balaban J connectivity index is 2.07. The van der Waals surface area contributed by atoms with Gasteiger partial charge in [0.15, 0.2) is 11.7 Å². The molecule has 0 amide bonds. The smallest absolute Gasteiger partial charge is 0.192 e. The Labute approximate surface area is 138 Å². The molecule has 1 aromatic heterocycles. The SMILES string of the molecule is CN1CC(=O)C(C)(c2cccc(-c3ccc(Cl)s3)c2)N=C1N. The second kappa shape index (κ2) is 5.41. The summed E-state index contributed by atoms with van der Waals surface area (Å²) < 4.78 is 0.740. The predicted octanol–water partition coefficient (Wildman–Crippen LogP) is 3.11. The van der Waals surface area contributed by atoms with Crippen molar-refractivity contribution in [3.8, 4) is 10.4 Å². The number of hydrogen-bond donors (Lipinski definition) is 1. The number of aliphatic imine (C=N–C) groups is 1. The lowest BCUT2D eigenvalue weighted by atomic mass is 9.86. The molecule has 6 heteroatoms. The highest BCUT2D eigenvalue weighted by Gasteiger charge is 2.39. The molecule has 2 heterocycles. The third kappa shape index (κ3) is 2.51. The zero-order valence-electron chi connectivity index (χ0n) is 12.3. The second-order valence-electron chi connectivity index (χ2n) is 5.51. The number of nitrogens with two attached hydrogens (primary N) is 1. The average Bonchev–Trinajstić information content (AvgIpc) is 2.92. The van der Waals surface area contributed by atoms with Gasteiger partial charge in [0.25, 0.3) is 0 Å². The van der Waals surface area contributed by atoms with Crippen LogP contribution in [0.1, 0.15) is 12.5 Å². The molecule has 1 unspecified atom stereocenters. The van der Waals surface area contributed by atoms with Gasteiger partial charge < -0.3 is 10.6 Å². The largest absolute Gasteiger partial charge is 0.370 e.